The number of amides is 1. The highest BCUT2D eigenvalue weighted by Gasteiger charge is 2.30. The van der Waals surface area contributed by atoms with Crippen LogP contribution in [0.1, 0.15) is 31.0 Å². The highest BCUT2D eigenvalue weighted by molar-refractivity contribution is 6.30. The molecule has 1 amide bonds. The molecule has 5 nitrogen and oxygen atoms in total. The van der Waals surface area contributed by atoms with Gasteiger partial charge in [0.25, 0.3) is 5.91 Å². The van der Waals surface area contributed by atoms with E-state index in [2.05, 4.69) is 5.32 Å². The van der Waals surface area contributed by atoms with Crippen molar-refractivity contribution in [3.63, 3.8) is 0 Å². The van der Waals surface area contributed by atoms with Crippen molar-refractivity contribution in [3.05, 3.63) is 64.4 Å². The summed E-state index contributed by atoms with van der Waals surface area (Å²) in [5.74, 6) is -1.07. The lowest BCUT2D eigenvalue weighted by atomic mass is 9.97. The van der Waals surface area contributed by atoms with Crippen LogP contribution in [0.3, 0.4) is 0 Å². The molecule has 0 aliphatic carbocycles. The van der Waals surface area contributed by atoms with Crippen LogP contribution in [0.4, 0.5) is 4.39 Å². The first-order valence-electron chi connectivity index (χ1n) is 9.01. The van der Waals surface area contributed by atoms with E-state index in [9.17, 15) is 14.0 Å². The first-order valence-corrected chi connectivity index (χ1v) is 9.39. The molecule has 3 atom stereocenters. The fourth-order valence-electron chi connectivity index (χ4n) is 3.00. The highest BCUT2D eigenvalue weighted by atomic mass is 35.5. The van der Waals surface area contributed by atoms with E-state index < -0.39 is 23.9 Å². The summed E-state index contributed by atoms with van der Waals surface area (Å²) in [7, 11) is 0. The number of carbonyl (C=O) groups excluding carboxylic acids is 2. The maximum absolute atomic E-state index is 13.0. The zero-order valence-corrected chi connectivity index (χ0v) is 16.3. The molecule has 0 radical (unpaired) electrons. The van der Waals surface area contributed by atoms with Crippen LogP contribution in [-0.4, -0.2) is 24.6 Å². The van der Waals surface area contributed by atoms with Gasteiger partial charge in [0.2, 0.25) is 0 Å². The first kappa shape index (κ1) is 20.1. The third-order valence-electron chi connectivity index (χ3n) is 4.65. The van der Waals surface area contributed by atoms with Gasteiger partial charge >= 0.3 is 5.97 Å². The summed E-state index contributed by atoms with van der Waals surface area (Å²) in [4.78, 5) is 24.8. The van der Waals surface area contributed by atoms with Gasteiger partial charge in [-0.25, -0.2) is 4.39 Å². The van der Waals surface area contributed by atoms with E-state index in [1.807, 2.05) is 0 Å². The fraction of sp³-hybridized carbons (Fsp3) is 0.333. The van der Waals surface area contributed by atoms with Gasteiger partial charge in [-0.2, -0.15) is 0 Å². The second-order valence-electron chi connectivity index (χ2n) is 6.83. The van der Waals surface area contributed by atoms with Crippen LogP contribution in [0.15, 0.2) is 42.5 Å². The van der Waals surface area contributed by atoms with Crippen LogP contribution in [0.25, 0.3) is 0 Å². The molecule has 0 bridgehead atoms. The average Bonchev–Trinajstić information content (AvgIpc) is 2.67. The average molecular weight is 406 g/mol. The van der Waals surface area contributed by atoms with Crippen LogP contribution in [0.2, 0.25) is 5.02 Å². The number of carbonyl (C=O) groups is 2. The van der Waals surface area contributed by atoms with Crippen molar-refractivity contribution in [1.82, 2.24) is 5.32 Å². The SMILES string of the molecule is CC(OC(=O)C1COc2ccc(Cl)cc2C1)C(=O)NC(C)c1ccc(F)cc1. The van der Waals surface area contributed by atoms with Gasteiger partial charge in [0.05, 0.1) is 12.0 Å². The van der Waals surface area contributed by atoms with Crippen LogP contribution >= 0.6 is 11.6 Å². The van der Waals surface area contributed by atoms with Gasteiger partial charge in [-0.1, -0.05) is 23.7 Å². The minimum absolute atomic E-state index is 0.188. The lowest BCUT2D eigenvalue weighted by Crippen LogP contribution is -2.40. The molecular formula is C21H21ClFNO4. The van der Waals surface area contributed by atoms with Crippen molar-refractivity contribution in [2.24, 2.45) is 5.92 Å². The molecule has 0 fully saturated rings. The van der Waals surface area contributed by atoms with Crippen molar-refractivity contribution in [2.45, 2.75) is 32.4 Å². The second-order valence-corrected chi connectivity index (χ2v) is 7.26. The van der Waals surface area contributed by atoms with E-state index in [-0.39, 0.29) is 18.5 Å². The Kier molecular flexibility index (Phi) is 6.19. The van der Waals surface area contributed by atoms with E-state index in [1.165, 1.54) is 19.1 Å². The van der Waals surface area contributed by atoms with Crippen LogP contribution < -0.4 is 10.1 Å². The van der Waals surface area contributed by atoms with Gasteiger partial charge in [-0.05, 0) is 61.7 Å². The van der Waals surface area contributed by atoms with Crippen molar-refractivity contribution in [3.8, 4) is 5.75 Å². The number of hydrogen-bond acceptors (Lipinski definition) is 4. The number of benzene rings is 2. The number of hydrogen-bond donors (Lipinski definition) is 1. The molecular weight excluding hydrogens is 385 g/mol. The van der Waals surface area contributed by atoms with E-state index in [4.69, 9.17) is 21.1 Å². The molecule has 0 saturated heterocycles. The Labute approximate surface area is 167 Å². The van der Waals surface area contributed by atoms with Crippen molar-refractivity contribution in [1.29, 1.82) is 0 Å². The van der Waals surface area contributed by atoms with E-state index in [0.717, 1.165) is 11.1 Å². The Hall–Kier alpha value is -2.60. The molecule has 0 spiro atoms. The molecule has 28 heavy (non-hydrogen) atoms. The molecule has 2 aromatic rings. The number of halogens is 2. The number of ether oxygens (including phenoxy) is 2. The number of esters is 1. The predicted molar refractivity (Wildman–Crippen MR) is 103 cm³/mol. The minimum atomic E-state index is -0.962. The zero-order valence-electron chi connectivity index (χ0n) is 15.6. The third-order valence-corrected chi connectivity index (χ3v) is 4.89. The number of rotatable bonds is 5. The topological polar surface area (TPSA) is 64.6 Å². The maximum atomic E-state index is 13.0. The minimum Gasteiger partial charge on any atom is -0.492 e. The number of nitrogens with one attached hydrogen (secondary N) is 1. The normalized spacial score (nSPS) is 17.6. The number of fused-ring (bicyclic) bond motifs is 1. The van der Waals surface area contributed by atoms with Crippen molar-refractivity contribution in [2.75, 3.05) is 6.61 Å². The smallest absolute Gasteiger partial charge is 0.313 e. The Morgan fingerprint density at radius 3 is 2.64 bits per heavy atom. The van der Waals surface area contributed by atoms with E-state index in [1.54, 1.807) is 37.3 Å². The van der Waals surface area contributed by atoms with Crippen LogP contribution in [-0.2, 0) is 20.7 Å². The molecule has 148 valence electrons. The molecule has 3 rings (SSSR count). The molecule has 1 aliphatic rings. The Morgan fingerprint density at radius 2 is 1.93 bits per heavy atom. The molecule has 0 saturated carbocycles. The molecule has 7 heteroatoms. The van der Waals surface area contributed by atoms with Gasteiger partial charge in [0.15, 0.2) is 6.10 Å². The molecule has 1 N–H and O–H groups in total. The summed E-state index contributed by atoms with van der Waals surface area (Å²) in [6.07, 6.45) is -0.522. The van der Waals surface area contributed by atoms with E-state index in [0.29, 0.717) is 17.2 Å². The standard InChI is InChI=1S/C21H21ClFNO4/c1-12(14-3-6-18(23)7-4-14)24-20(25)13(2)28-21(26)16-9-15-10-17(22)5-8-19(15)27-11-16/h3-8,10,12-13,16H,9,11H2,1-2H3,(H,24,25). The molecule has 1 aliphatic heterocycles. The van der Waals surface area contributed by atoms with Crippen LogP contribution in [0, 0.1) is 11.7 Å². The lowest BCUT2D eigenvalue weighted by Gasteiger charge is -2.25. The quantitative estimate of drug-likeness (QED) is 0.767. The summed E-state index contributed by atoms with van der Waals surface area (Å²) in [6, 6.07) is 10.8. The lowest BCUT2D eigenvalue weighted by molar-refractivity contribution is -0.160. The Morgan fingerprint density at radius 1 is 1.21 bits per heavy atom. The predicted octanol–water partition coefficient (Wildman–Crippen LogP) is 3.84. The summed E-state index contributed by atoms with van der Waals surface area (Å²) in [6.45, 7) is 3.47. The Bertz CT molecular complexity index is 871. The largest absolute Gasteiger partial charge is 0.492 e. The van der Waals surface area contributed by atoms with Gasteiger partial charge in [-0.15, -0.1) is 0 Å². The summed E-state index contributed by atoms with van der Waals surface area (Å²) >= 11 is 5.99. The Balaban J connectivity index is 1.55. The van der Waals surface area contributed by atoms with Gasteiger partial charge in [0, 0.05) is 5.02 Å². The zero-order chi connectivity index (χ0) is 20.3. The monoisotopic (exact) mass is 405 g/mol. The summed E-state index contributed by atoms with van der Waals surface area (Å²) < 4.78 is 23.9. The molecule has 1 heterocycles. The van der Waals surface area contributed by atoms with E-state index >= 15 is 0 Å². The third kappa shape index (κ3) is 4.81. The van der Waals surface area contributed by atoms with Crippen LogP contribution in [0.5, 0.6) is 5.75 Å². The van der Waals surface area contributed by atoms with Gasteiger partial charge in [0.1, 0.15) is 18.2 Å². The fourth-order valence-corrected chi connectivity index (χ4v) is 3.20. The molecule has 2 aromatic carbocycles. The molecule has 0 aromatic heterocycles. The maximum Gasteiger partial charge on any atom is 0.313 e. The first-order chi connectivity index (χ1) is 13.3. The summed E-state index contributed by atoms with van der Waals surface area (Å²) in [5.41, 5.74) is 1.59. The highest BCUT2D eigenvalue weighted by Crippen LogP contribution is 2.30. The van der Waals surface area contributed by atoms with Gasteiger partial charge < -0.3 is 14.8 Å². The summed E-state index contributed by atoms with van der Waals surface area (Å²) in [5, 5.41) is 3.33. The van der Waals surface area contributed by atoms with Gasteiger partial charge in [-0.3, -0.25) is 9.59 Å². The molecule has 3 unspecified atom stereocenters. The van der Waals surface area contributed by atoms with Crippen molar-refractivity contribution >= 4 is 23.5 Å². The van der Waals surface area contributed by atoms with Crippen molar-refractivity contribution < 1.29 is 23.5 Å². The second kappa shape index (κ2) is 8.61.